The SMILES string of the molecule is O=C(NCc1ccc(CN2CCCCC2)cc1)c1cc(F)ccc1Br. The predicted octanol–water partition coefficient (Wildman–Crippen LogP) is 4.50. The molecule has 0 bridgehead atoms. The smallest absolute Gasteiger partial charge is 0.252 e. The van der Waals surface area contributed by atoms with Gasteiger partial charge < -0.3 is 5.32 Å². The van der Waals surface area contributed by atoms with Gasteiger partial charge in [0.15, 0.2) is 0 Å². The second-order valence-electron chi connectivity index (χ2n) is 6.46. The van der Waals surface area contributed by atoms with Crippen molar-refractivity contribution >= 4 is 21.8 Å². The van der Waals surface area contributed by atoms with Crippen LogP contribution in [0.5, 0.6) is 0 Å². The summed E-state index contributed by atoms with van der Waals surface area (Å²) in [5.74, 6) is -0.709. The van der Waals surface area contributed by atoms with Gasteiger partial charge in [0.05, 0.1) is 5.56 Å². The number of rotatable bonds is 5. The highest BCUT2D eigenvalue weighted by atomic mass is 79.9. The predicted molar refractivity (Wildman–Crippen MR) is 101 cm³/mol. The summed E-state index contributed by atoms with van der Waals surface area (Å²) in [6.07, 6.45) is 3.93. The van der Waals surface area contributed by atoms with Crippen molar-refractivity contribution in [2.24, 2.45) is 0 Å². The number of carbonyl (C=O) groups is 1. The zero-order valence-electron chi connectivity index (χ0n) is 14.1. The van der Waals surface area contributed by atoms with E-state index >= 15 is 0 Å². The Balaban J connectivity index is 1.54. The van der Waals surface area contributed by atoms with Crippen molar-refractivity contribution in [3.63, 3.8) is 0 Å². The van der Waals surface area contributed by atoms with Crippen LogP contribution in [-0.2, 0) is 13.1 Å². The second kappa shape index (κ2) is 8.59. The van der Waals surface area contributed by atoms with Gasteiger partial charge in [-0.3, -0.25) is 9.69 Å². The number of benzene rings is 2. The van der Waals surface area contributed by atoms with Gasteiger partial charge >= 0.3 is 0 Å². The van der Waals surface area contributed by atoms with E-state index in [-0.39, 0.29) is 5.91 Å². The van der Waals surface area contributed by atoms with Crippen LogP contribution in [0.4, 0.5) is 4.39 Å². The Morgan fingerprint density at radius 3 is 2.44 bits per heavy atom. The van der Waals surface area contributed by atoms with Crippen molar-refractivity contribution in [2.75, 3.05) is 13.1 Å². The Morgan fingerprint density at radius 1 is 1.04 bits per heavy atom. The standard InChI is InChI=1S/C20H22BrFN2O/c21-19-9-8-17(22)12-18(19)20(25)23-13-15-4-6-16(7-5-15)14-24-10-2-1-3-11-24/h4-9,12H,1-3,10-11,13-14H2,(H,23,25). The number of halogens is 2. The summed E-state index contributed by atoms with van der Waals surface area (Å²) in [5.41, 5.74) is 2.63. The fraction of sp³-hybridized carbons (Fsp3) is 0.350. The van der Waals surface area contributed by atoms with Gasteiger partial charge in [-0.15, -0.1) is 0 Å². The van der Waals surface area contributed by atoms with Gasteiger partial charge in [-0.25, -0.2) is 4.39 Å². The van der Waals surface area contributed by atoms with E-state index in [9.17, 15) is 9.18 Å². The number of likely N-dealkylation sites (tertiary alicyclic amines) is 1. The van der Waals surface area contributed by atoms with Gasteiger partial charge in [0, 0.05) is 17.6 Å². The molecule has 25 heavy (non-hydrogen) atoms. The molecule has 5 heteroatoms. The molecule has 0 unspecified atom stereocenters. The summed E-state index contributed by atoms with van der Waals surface area (Å²) in [6.45, 7) is 3.77. The van der Waals surface area contributed by atoms with E-state index < -0.39 is 5.82 Å². The van der Waals surface area contributed by atoms with Crippen LogP contribution in [0.25, 0.3) is 0 Å². The molecule has 3 nitrogen and oxygen atoms in total. The molecule has 2 aromatic rings. The summed E-state index contributed by atoms with van der Waals surface area (Å²) < 4.78 is 13.9. The number of hydrogen-bond acceptors (Lipinski definition) is 2. The van der Waals surface area contributed by atoms with Crippen LogP contribution in [-0.4, -0.2) is 23.9 Å². The first kappa shape index (κ1) is 18.1. The third-order valence-electron chi connectivity index (χ3n) is 4.50. The number of piperidine rings is 1. The van der Waals surface area contributed by atoms with Crippen molar-refractivity contribution in [3.05, 3.63) is 69.4 Å². The molecule has 1 aliphatic heterocycles. The zero-order valence-corrected chi connectivity index (χ0v) is 15.7. The summed E-state index contributed by atoms with van der Waals surface area (Å²) in [4.78, 5) is 14.7. The van der Waals surface area contributed by atoms with E-state index in [1.54, 1.807) is 6.07 Å². The second-order valence-corrected chi connectivity index (χ2v) is 7.31. The quantitative estimate of drug-likeness (QED) is 0.794. The van der Waals surface area contributed by atoms with Crippen LogP contribution in [0.3, 0.4) is 0 Å². The monoisotopic (exact) mass is 404 g/mol. The molecule has 0 radical (unpaired) electrons. The van der Waals surface area contributed by atoms with E-state index in [2.05, 4.69) is 38.3 Å². The molecule has 1 N–H and O–H groups in total. The topological polar surface area (TPSA) is 32.3 Å². The largest absolute Gasteiger partial charge is 0.348 e. The highest BCUT2D eigenvalue weighted by Crippen LogP contribution is 2.18. The number of nitrogens with one attached hydrogen (secondary N) is 1. The van der Waals surface area contributed by atoms with Gasteiger partial charge in [0.2, 0.25) is 0 Å². The highest BCUT2D eigenvalue weighted by Gasteiger charge is 2.12. The van der Waals surface area contributed by atoms with Gasteiger partial charge in [0.25, 0.3) is 5.91 Å². The van der Waals surface area contributed by atoms with Crippen LogP contribution in [0, 0.1) is 5.82 Å². The molecule has 1 aliphatic rings. The zero-order chi connectivity index (χ0) is 17.6. The average Bonchev–Trinajstić information content (AvgIpc) is 2.64. The first-order valence-corrected chi connectivity index (χ1v) is 9.44. The van der Waals surface area contributed by atoms with Crippen LogP contribution in [0.1, 0.15) is 40.7 Å². The lowest BCUT2D eigenvalue weighted by atomic mass is 10.1. The maximum Gasteiger partial charge on any atom is 0.252 e. The number of carbonyl (C=O) groups excluding carboxylic acids is 1. The summed E-state index contributed by atoms with van der Waals surface area (Å²) >= 11 is 3.28. The molecular weight excluding hydrogens is 383 g/mol. The lowest BCUT2D eigenvalue weighted by molar-refractivity contribution is 0.0949. The molecular formula is C20H22BrFN2O. The fourth-order valence-electron chi connectivity index (χ4n) is 3.09. The van der Waals surface area contributed by atoms with Crippen molar-refractivity contribution < 1.29 is 9.18 Å². The molecule has 1 heterocycles. The van der Waals surface area contributed by atoms with Gasteiger partial charge in [-0.05, 0) is 71.2 Å². The summed E-state index contributed by atoms with van der Waals surface area (Å²) in [6, 6.07) is 12.4. The maximum atomic E-state index is 13.3. The third-order valence-corrected chi connectivity index (χ3v) is 5.20. The summed E-state index contributed by atoms with van der Waals surface area (Å²) in [7, 11) is 0. The Morgan fingerprint density at radius 2 is 1.72 bits per heavy atom. The molecule has 0 spiro atoms. The minimum Gasteiger partial charge on any atom is -0.348 e. The minimum atomic E-state index is -0.421. The third kappa shape index (κ3) is 5.13. The van der Waals surface area contributed by atoms with E-state index in [0.29, 0.717) is 16.6 Å². The molecule has 1 saturated heterocycles. The Labute approximate surface area is 156 Å². The molecule has 2 aromatic carbocycles. The number of amides is 1. The van der Waals surface area contributed by atoms with E-state index in [4.69, 9.17) is 0 Å². The first-order chi connectivity index (χ1) is 12.1. The maximum absolute atomic E-state index is 13.3. The lowest BCUT2D eigenvalue weighted by Crippen LogP contribution is -2.29. The van der Waals surface area contributed by atoms with Crippen molar-refractivity contribution in [2.45, 2.75) is 32.4 Å². The lowest BCUT2D eigenvalue weighted by Gasteiger charge is -2.26. The van der Waals surface area contributed by atoms with Crippen LogP contribution >= 0.6 is 15.9 Å². The Kier molecular flexibility index (Phi) is 6.21. The van der Waals surface area contributed by atoms with E-state index in [1.807, 2.05) is 12.1 Å². The number of hydrogen-bond donors (Lipinski definition) is 1. The first-order valence-electron chi connectivity index (χ1n) is 8.65. The van der Waals surface area contributed by atoms with E-state index in [1.165, 1.54) is 50.0 Å². The molecule has 0 aliphatic carbocycles. The molecule has 0 aromatic heterocycles. The molecule has 0 atom stereocenters. The van der Waals surface area contributed by atoms with Crippen molar-refractivity contribution in [3.8, 4) is 0 Å². The number of nitrogens with zero attached hydrogens (tertiary/aromatic N) is 1. The van der Waals surface area contributed by atoms with Crippen molar-refractivity contribution in [1.29, 1.82) is 0 Å². The normalized spacial score (nSPS) is 15.1. The van der Waals surface area contributed by atoms with Gasteiger partial charge in [-0.2, -0.15) is 0 Å². The molecule has 0 saturated carbocycles. The Bertz CT molecular complexity index is 727. The minimum absolute atomic E-state index is 0.288. The van der Waals surface area contributed by atoms with Crippen LogP contribution in [0.15, 0.2) is 46.9 Å². The molecule has 1 amide bonds. The fourth-order valence-corrected chi connectivity index (χ4v) is 3.51. The van der Waals surface area contributed by atoms with Crippen LogP contribution in [0.2, 0.25) is 0 Å². The van der Waals surface area contributed by atoms with Gasteiger partial charge in [-0.1, -0.05) is 30.7 Å². The highest BCUT2D eigenvalue weighted by molar-refractivity contribution is 9.10. The van der Waals surface area contributed by atoms with E-state index in [0.717, 1.165) is 12.1 Å². The molecule has 1 fully saturated rings. The average molecular weight is 405 g/mol. The van der Waals surface area contributed by atoms with Gasteiger partial charge in [0.1, 0.15) is 5.82 Å². The summed E-state index contributed by atoms with van der Waals surface area (Å²) in [5, 5.41) is 2.84. The Hall–Kier alpha value is -1.72. The van der Waals surface area contributed by atoms with Crippen molar-refractivity contribution in [1.82, 2.24) is 10.2 Å². The van der Waals surface area contributed by atoms with Crippen LogP contribution < -0.4 is 5.32 Å². The molecule has 132 valence electrons. The molecule has 3 rings (SSSR count).